The summed E-state index contributed by atoms with van der Waals surface area (Å²) in [7, 11) is 0. The van der Waals surface area contributed by atoms with Crippen molar-refractivity contribution in [3.63, 3.8) is 0 Å². The molecule has 0 saturated carbocycles. The van der Waals surface area contributed by atoms with E-state index >= 15 is 0 Å². The summed E-state index contributed by atoms with van der Waals surface area (Å²) >= 11 is 0. The minimum Gasteiger partial charge on any atom is -0.478 e. The first-order chi connectivity index (χ1) is 8.41. The second-order valence-electron chi connectivity index (χ2n) is 3.32. The van der Waals surface area contributed by atoms with Crippen molar-refractivity contribution in [2.24, 2.45) is 0 Å². The molecule has 7 heteroatoms. The van der Waals surface area contributed by atoms with Crippen molar-refractivity contribution in [3.8, 4) is 0 Å². The van der Waals surface area contributed by atoms with E-state index in [2.05, 4.69) is 9.68 Å². The lowest BCUT2D eigenvalue weighted by Gasteiger charge is -1.85. The molecule has 0 atom stereocenters. The zero-order valence-electron chi connectivity index (χ0n) is 9.71. The summed E-state index contributed by atoms with van der Waals surface area (Å²) < 4.78 is 9.24. The second kappa shape index (κ2) is 5.67. The van der Waals surface area contributed by atoms with Gasteiger partial charge in [-0.15, -0.1) is 0 Å². The van der Waals surface area contributed by atoms with Gasteiger partial charge in [0.05, 0.1) is 6.26 Å². The molecule has 96 valence electrons. The Bertz CT molecular complexity index is 553. The first kappa shape index (κ1) is 13.5. The number of aryl methyl sites for hydroxylation is 2. The topological polar surface area (TPSA) is 114 Å². The number of carboxylic acid groups (broad SMARTS) is 2. The number of aromatic nitrogens is 1. The molecule has 0 aliphatic rings. The number of nitrogens with zero attached hydrogens (tertiary/aromatic N) is 1. The van der Waals surface area contributed by atoms with Crippen LogP contribution in [0.15, 0.2) is 27.3 Å². The summed E-state index contributed by atoms with van der Waals surface area (Å²) in [5, 5.41) is 19.9. The van der Waals surface area contributed by atoms with E-state index in [1.54, 1.807) is 13.8 Å². The molecule has 0 amide bonds. The van der Waals surface area contributed by atoms with E-state index in [0.29, 0.717) is 11.5 Å². The number of hydrogen-bond donors (Lipinski definition) is 2. The Kier molecular flexibility index (Phi) is 4.25. The molecule has 0 saturated heterocycles. The minimum atomic E-state index is -1.06. The molecule has 0 spiro atoms. The van der Waals surface area contributed by atoms with Crippen LogP contribution in [0.25, 0.3) is 0 Å². The van der Waals surface area contributed by atoms with Crippen LogP contribution in [0.4, 0.5) is 0 Å². The maximum Gasteiger partial charge on any atom is 0.358 e. The fraction of sp³-hybridized carbons (Fsp3) is 0.182. The number of aromatic carboxylic acids is 2. The highest BCUT2D eigenvalue weighted by Crippen LogP contribution is 2.07. The Hall–Kier alpha value is -2.57. The lowest BCUT2D eigenvalue weighted by molar-refractivity contribution is 0.0678. The summed E-state index contributed by atoms with van der Waals surface area (Å²) in [6.45, 7) is 3.25. The molecule has 2 aromatic heterocycles. The van der Waals surface area contributed by atoms with E-state index in [1.165, 1.54) is 18.4 Å². The Morgan fingerprint density at radius 2 is 1.89 bits per heavy atom. The minimum absolute atomic E-state index is 0.0486. The van der Waals surface area contributed by atoms with Gasteiger partial charge >= 0.3 is 11.9 Å². The first-order valence-corrected chi connectivity index (χ1v) is 4.85. The molecule has 2 aromatic rings. The maximum absolute atomic E-state index is 10.2. The lowest BCUT2D eigenvalue weighted by Crippen LogP contribution is -1.94. The van der Waals surface area contributed by atoms with E-state index in [-0.39, 0.29) is 11.3 Å². The largest absolute Gasteiger partial charge is 0.478 e. The zero-order chi connectivity index (χ0) is 13.7. The highest BCUT2D eigenvalue weighted by atomic mass is 16.5. The van der Waals surface area contributed by atoms with Crippen LogP contribution in [0.2, 0.25) is 0 Å². The zero-order valence-corrected chi connectivity index (χ0v) is 9.71. The van der Waals surface area contributed by atoms with E-state index < -0.39 is 11.9 Å². The Labute approximate surface area is 102 Å². The van der Waals surface area contributed by atoms with E-state index in [0.717, 1.165) is 0 Å². The van der Waals surface area contributed by atoms with Crippen molar-refractivity contribution in [2.75, 3.05) is 0 Å². The summed E-state index contributed by atoms with van der Waals surface area (Å²) in [5.74, 6) is -1.05. The summed E-state index contributed by atoms with van der Waals surface area (Å²) in [6, 6.07) is 2.79. The molecule has 7 nitrogen and oxygen atoms in total. The van der Waals surface area contributed by atoms with Crippen LogP contribution < -0.4 is 0 Å². The third-order valence-corrected chi connectivity index (χ3v) is 1.94. The fourth-order valence-corrected chi connectivity index (χ4v) is 1.07. The van der Waals surface area contributed by atoms with Gasteiger partial charge in [0.25, 0.3) is 0 Å². The van der Waals surface area contributed by atoms with Crippen molar-refractivity contribution in [1.29, 1.82) is 0 Å². The van der Waals surface area contributed by atoms with Gasteiger partial charge in [-0.05, 0) is 19.9 Å². The number of hydrogen-bond acceptors (Lipinski definition) is 5. The van der Waals surface area contributed by atoms with E-state index in [1.807, 2.05) is 0 Å². The molecular formula is C11H11NO6. The number of rotatable bonds is 2. The second-order valence-corrected chi connectivity index (χ2v) is 3.32. The molecule has 0 bridgehead atoms. The van der Waals surface area contributed by atoms with Gasteiger partial charge in [-0.3, -0.25) is 0 Å². The first-order valence-electron chi connectivity index (χ1n) is 4.85. The van der Waals surface area contributed by atoms with Crippen molar-refractivity contribution in [3.05, 3.63) is 41.2 Å². The van der Waals surface area contributed by atoms with Crippen LogP contribution in [0.3, 0.4) is 0 Å². The quantitative estimate of drug-likeness (QED) is 0.840. The smallest absolute Gasteiger partial charge is 0.358 e. The number of furan rings is 1. The molecule has 2 rings (SSSR count). The molecule has 0 aliphatic carbocycles. The summed E-state index contributed by atoms with van der Waals surface area (Å²) in [6.07, 6.45) is 1.36. The third kappa shape index (κ3) is 3.48. The monoisotopic (exact) mass is 253 g/mol. The average molecular weight is 253 g/mol. The molecule has 0 aliphatic heterocycles. The molecule has 0 aromatic carbocycles. The van der Waals surface area contributed by atoms with Crippen LogP contribution in [0.1, 0.15) is 32.4 Å². The van der Waals surface area contributed by atoms with Crippen LogP contribution in [0, 0.1) is 13.8 Å². The van der Waals surface area contributed by atoms with Gasteiger partial charge in [0.1, 0.15) is 17.1 Å². The Morgan fingerprint density at radius 3 is 2.11 bits per heavy atom. The molecular weight excluding hydrogens is 242 g/mol. The molecule has 18 heavy (non-hydrogen) atoms. The van der Waals surface area contributed by atoms with Crippen molar-refractivity contribution >= 4 is 11.9 Å². The predicted molar refractivity (Wildman–Crippen MR) is 58.6 cm³/mol. The van der Waals surface area contributed by atoms with Crippen molar-refractivity contribution in [2.45, 2.75) is 13.8 Å². The van der Waals surface area contributed by atoms with Gasteiger partial charge < -0.3 is 19.2 Å². The van der Waals surface area contributed by atoms with Gasteiger partial charge in [0, 0.05) is 6.07 Å². The van der Waals surface area contributed by atoms with E-state index in [4.69, 9.17) is 14.6 Å². The van der Waals surface area contributed by atoms with Gasteiger partial charge in [-0.1, -0.05) is 5.16 Å². The molecule has 0 radical (unpaired) electrons. The highest BCUT2D eigenvalue weighted by Gasteiger charge is 2.07. The lowest BCUT2D eigenvalue weighted by atomic mass is 10.3. The fourth-order valence-electron chi connectivity index (χ4n) is 1.07. The van der Waals surface area contributed by atoms with Crippen LogP contribution in [0.5, 0.6) is 0 Å². The van der Waals surface area contributed by atoms with Crippen molar-refractivity contribution in [1.82, 2.24) is 5.16 Å². The van der Waals surface area contributed by atoms with Crippen LogP contribution in [-0.2, 0) is 0 Å². The summed E-state index contributed by atoms with van der Waals surface area (Å²) in [5.41, 5.74) is 0.183. The molecule has 2 heterocycles. The Balaban J connectivity index is 0.000000180. The maximum atomic E-state index is 10.2. The summed E-state index contributed by atoms with van der Waals surface area (Å²) in [4.78, 5) is 20.3. The SMILES string of the molecule is Cc1cc(C(=O)O)no1.Cc1occc1C(=O)O. The average Bonchev–Trinajstić information content (AvgIpc) is 2.87. The highest BCUT2D eigenvalue weighted by molar-refractivity contribution is 5.88. The standard InChI is InChI=1S/C6H6O3.C5H5NO3/c1-4-5(6(7)8)2-3-9-4;1-3-2-4(5(7)8)6-9-3/h2-3H,1H3,(H,7,8);2H,1H3,(H,7,8). The molecule has 0 fully saturated rings. The van der Waals surface area contributed by atoms with Crippen LogP contribution in [-0.4, -0.2) is 27.3 Å². The normalized spacial score (nSPS) is 9.44. The van der Waals surface area contributed by atoms with Crippen LogP contribution >= 0.6 is 0 Å². The van der Waals surface area contributed by atoms with Crippen molar-refractivity contribution < 1.29 is 28.7 Å². The van der Waals surface area contributed by atoms with E-state index in [9.17, 15) is 9.59 Å². The van der Waals surface area contributed by atoms with Gasteiger partial charge in [0.15, 0.2) is 5.69 Å². The third-order valence-electron chi connectivity index (χ3n) is 1.94. The predicted octanol–water partition coefficient (Wildman–Crippen LogP) is 1.97. The Morgan fingerprint density at radius 1 is 1.22 bits per heavy atom. The number of carbonyl (C=O) groups is 2. The van der Waals surface area contributed by atoms with Gasteiger partial charge in [0.2, 0.25) is 0 Å². The van der Waals surface area contributed by atoms with Gasteiger partial charge in [-0.2, -0.15) is 0 Å². The number of carboxylic acids is 2. The molecule has 0 unspecified atom stereocenters. The molecule has 2 N–H and O–H groups in total. The van der Waals surface area contributed by atoms with Gasteiger partial charge in [-0.25, -0.2) is 9.59 Å².